The quantitative estimate of drug-likeness (QED) is 0.425. The molecule has 0 saturated carbocycles. The Morgan fingerprint density at radius 3 is 1.77 bits per heavy atom. The van der Waals surface area contributed by atoms with Crippen molar-refractivity contribution in [1.29, 1.82) is 0 Å². The van der Waals surface area contributed by atoms with Gasteiger partial charge in [-0.05, 0) is 50.6 Å². The Morgan fingerprint density at radius 1 is 0.839 bits per heavy atom. The predicted molar refractivity (Wildman–Crippen MR) is 127 cm³/mol. The number of aliphatic imine (C=N–C) groups is 1. The van der Waals surface area contributed by atoms with Gasteiger partial charge in [-0.2, -0.15) is 0 Å². The van der Waals surface area contributed by atoms with E-state index in [2.05, 4.69) is 37.6 Å². The van der Waals surface area contributed by atoms with E-state index in [1.807, 2.05) is 78.9 Å². The smallest absolute Gasteiger partial charge is 0.208 e. The van der Waals surface area contributed by atoms with Crippen molar-refractivity contribution in [3.05, 3.63) is 96.6 Å². The zero-order valence-corrected chi connectivity index (χ0v) is 19.0. The van der Waals surface area contributed by atoms with Gasteiger partial charge in [-0.15, -0.1) is 0 Å². The minimum Gasteiger partial charge on any atom is -0.477 e. The van der Waals surface area contributed by atoms with Gasteiger partial charge in [0.2, 0.25) is 13.2 Å². The van der Waals surface area contributed by atoms with Crippen LogP contribution in [0.3, 0.4) is 0 Å². The zero-order chi connectivity index (χ0) is 21.7. The first-order valence-corrected chi connectivity index (χ1v) is 12.3. The summed E-state index contributed by atoms with van der Waals surface area (Å²) in [5, 5.41) is 1.65. The summed E-state index contributed by atoms with van der Waals surface area (Å²) < 4.78 is 23.4. The largest absolute Gasteiger partial charge is 0.477 e. The van der Waals surface area contributed by atoms with Gasteiger partial charge in [-0.3, -0.25) is 4.57 Å². The van der Waals surface area contributed by atoms with Gasteiger partial charge in [0.1, 0.15) is 12.1 Å². The van der Waals surface area contributed by atoms with Crippen molar-refractivity contribution in [2.75, 3.05) is 6.61 Å². The highest BCUT2D eigenvalue weighted by Gasteiger charge is 2.72. The zero-order valence-electron chi connectivity index (χ0n) is 18.1. The number of nitrogens with zero attached hydrogens (tertiary/aromatic N) is 2. The minimum atomic E-state index is -3.15. The monoisotopic (exact) mass is 430 g/mol. The van der Waals surface area contributed by atoms with Crippen LogP contribution in [0.4, 0.5) is 0 Å². The molecule has 1 unspecified atom stereocenters. The molecule has 2 aliphatic rings. The highest BCUT2D eigenvalue weighted by Crippen LogP contribution is 2.70. The molecule has 0 spiro atoms. The van der Waals surface area contributed by atoms with E-state index in [9.17, 15) is 0 Å². The molecule has 0 radical (unpaired) electrons. The normalized spacial score (nSPS) is 26.7. The third kappa shape index (κ3) is 3.17. The second-order valence-electron chi connectivity index (χ2n) is 9.07. The van der Waals surface area contributed by atoms with Crippen LogP contribution in [0, 0.1) is 0 Å². The highest BCUT2D eigenvalue weighted by atomic mass is 31.2. The molecule has 0 aliphatic carbocycles. The molecule has 2 heterocycles. The molecule has 31 heavy (non-hydrogen) atoms. The first kappa shape index (κ1) is 20.2. The molecule has 0 N–H and O–H groups in total. The number of hydrogen-bond acceptors (Lipinski definition) is 3. The van der Waals surface area contributed by atoms with E-state index >= 15 is 4.57 Å². The second kappa shape index (κ2) is 7.19. The van der Waals surface area contributed by atoms with Gasteiger partial charge in [-0.1, -0.05) is 66.7 Å². The SMILES string of the molecule is CC1(C)COC([C@@]2(C)[C@H](c3ccccc3)N2P(=O)(c2ccccc2)c2ccccc2)=N1. The lowest BCUT2D eigenvalue weighted by molar-refractivity contribution is 0.267. The topological polar surface area (TPSA) is 41.7 Å². The van der Waals surface area contributed by atoms with Crippen LogP contribution in [-0.4, -0.2) is 28.3 Å². The first-order chi connectivity index (χ1) is 14.9. The van der Waals surface area contributed by atoms with E-state index in [4.69, 9.17) is 9.73 Å². The van der Waals surface area contributed by atoms with Crippen LogP contribution < -0.4 is 10.6 Å². The van der Waals surface area contributed by atoms with Crippen molar-refractivity contribution >= 4 is 23.8 Å². The molecular formula is C26H27N2O2P. The van der Waals surface area contributed by atoms with Crippen molar-refractivity contribution in [1.82, 2.24) is 4.67 Å². The van der Waals surface area contributed by atoms with Gasteiger partial charge in [0, 0.05) is 10.6 Å². The van der Waals surface area contributed by atoms with Gasteiger partial charge in [0.15, 0.2) is 0 Å². The molecule has 0 amide bonds. The summed E-state index contributed by atoms with van der Waals surface area (Å²) in [7, 11) is -3.15. The third-order valence-corrected chi connectivity index (χ3v) is 9.47. The molecule has 5 rings (SSSR count). The van der Waals surface area contributed by atoms with Gasteiger partial charge in [0.05, 0.1) is 11.6 Å². The Hall–Kier alpha value is -2.68. The first-order valence-electron chi connectivity index (χ1n) is 10.7. The number of benzene rings is 3. The van der Waals surface area contributed by atoms with Crippen LogP contribution in [0.2, 0.25) is 0 Å². The maximum atomic E-state index is 15.1. The van der Waals surface area contributed by atoms with Crippen molar-refractivity contribution in [3.63, 3.8) is 0 Å². The lowest BCUT2D eigenvalue weighted by atomic mass is 10.0. The highest BCUT2D eigenvalue weighted by molar-refractivity contribution is 7.77. The van der Waals surface area contributed by atoms with Crippen LogP contribution in [0.15, 0.2) is 96.0 Å². The summed E-state index contributed by atoms with van der Waals surface area (Å²) in [6.45, 7) is 6.79. The molecule has 1 fully saturated rings. The fraction of sp³-hybridized carbons (Fsp3) is 0.269. The standard InChI is InChI=1S/C26H27N2O2P/c1-25(2)19-30-24(27-25)26(3)23(20-13-7-4-8-14-20)28(26)31(29,21-15-9-5-10-16-21)22-17-11-6-12-18-22/h4-18,23H,19H2,1-3H3/t23-,26+,28?/m0/s1. The van der Waals surface area contributed by atoms with Crippen molar-refractivity contribution in [2.24, 2.45) is 4.99 Å². The van der Waals surface area contributed by atoms with E-state index in [0.717, 1.165) is 16.2 Å². The number of ether oxygens (including phenoxy) is 1. The van der Waals surface area contributed by atoms with E-state index in [-0.39, 0.29) is 11.6 Å². The summed E-state index contributed by atoms with van der Waals surface area (Å²) in [5.41, 5.74) is 0.251. The van der Waals surface area contributed by atoms with Gasteiger partial charge in [0.25, 0.3) is 0 Å². The molecule has 0 aromatic heterocycles. The summed E-state index contributed by atoms with van der Waals surface area (Å²) in [4.78, 5) is 4.91. The predicted octanol–water partition coefficient (Wildman–Crippen LogP) is 4.94. The Morgan fingerprint density at radius 2 is 1.32 bits per heavy atom. The third-order valence-electron chi connectivity index (χ3n) is 6.22. The molecule has 3 aromatic carbocycles. The summed E-state index contributed by atoms with van der Waals surface area (Å²) in [6, 6.07) is 29.8. The van der Waals surface area contributed by atoms with Crippen LogP contribution in [0.25, 0.3) is 0 Å². The van der Waals surface area contributed by atoms with E-state index in [0.29, 0.717) is 12.5 Å². The van der Waals surface area contributed by atoms with Gasteiger partial charge >= 0.3 is 0 Å². The van der Waals surface area contributed by atoms with Crippen molar-refractivity contribution in [3.8, 4) is 0 Å². The number of hydrogen-bond donors (Lipinski definition) is 0. The molecule has 4 nitrogen and oxygen atoms in total. The van der Waals surface area contributed by atoms with E-state index < -0.39 is 12.8 Å². The Bertz CT molecular complexity index is 1120. The Balaban J connectivity index is 1.72. The molecule has 158 valence electrons. The van der Waals surface area contributed by atoms with E-state index in [1.54, 1.807) is 0 Å². The fourth-order valence-corrected chi connectivity index (χ4v) is 8.01. The Kier molecular flexibility index (Phi) is 4.69. The van der Waals surface area contributed by atoms with Crippen LogP contribution in [-0.2, 0) is 9.30 Å². The van der Waals surface area contributed by atoms with Crippen LogP contribution in [0.5, 0.6) is 0 Å². The maximum absolute atomic E-state index is 15.1. The maximum Gasteiger partial charge on any atom is 0.208 e. The van der Waals surface area contributed by atoms with Crippen LogP contribution in [0.1, 0.15) is 32.4 Å². The van der Waals surface area contributed by atoms with Crippen LogP contribution >= 0.6 is 7.29 Å². The summed E-state index contributed by atoms with van der Waals surface area (Å²) in [6.07, 6.45) is 0. The Labute approximate surface area is 184 Å². The molecule has 1 saturated heterocycles. The molecule has 2 aliphatic heterocycles. The molecule has 3 aromatic rings. The lowest BCUT2D eigenvalue weighted by Crippen LogP contribution is -2.30. The summed E-state index contributed by atoms with van der Waals surface area (Å²) >= 11 is 0. The average Bonchev–Trinajstić information content (AvgIpc) is 3.28. The summed E-state index contributed by atoms with van der Waals surface area (Å²) in [5.74, 6) is 0.679. The number of rotatable bonds is 5. The molecule has 0 bridgehead atoms. The minimum absolute atomic E-state index is 0.0902. The van der Waals surface area contributed by atoms with Gasteiger partial charge < -0.3 is 4.74 Å². The van der Waals surface area contributed by atoms with E-state index in [1.165, 1.54) is 0 Å². The van der Waals surface area contributed by atoms with Crippen molar-refractivity contribution in [2.45, 2.75) is 37.9 Å². The molecule has 3 atom stereocenters. The lowest BCUT2D eigenvalue weighted by Gasteiger charge is -2.24. The second-order valence-corrected chi connectivity index (χ2v) is 11.7. The molecule has 5 heteroatoms. The van der Waals surface area contributed by atoms with Crippen molar-refractivity contribution < 1.29 is 9.30 Å². The molecular weight excluding hydrogens is 403 g/mol. The van der Waals surface area contributed by atoms with Gasteiger partial charge in [-0.25, -0.2) is 9.66 Å². The average molecular weight is 430 g/mol. The fourth-order valence-electron chi connectivity index (χ4n) is 4.65.